The molecule has 0 aliphatic rings. The van der Waals surface area contributed by atoms with E-state index in [2.05, 4.69) is 41.5 Å². The van der Waals surface area contributed by atoms with Gasteiger partial charge in [0.1, 0.15) is 19.3 Å². The van der Waals surface area contributed by atoms with E-state index in [0.29, 0.717) is 31.6 Å². The maximum atomic E-state index is 13.0. The summed E-state index contributed by atoms with van der Waals surface area (Å²) in [6, 6.07) is 0. The first-order chi connectivity index (χ1) is 39.9. The number of carbonyl (C=O) groups excluding carboxylic acids is 4. The highest BCUT2D eigenvalue weighted by molar-refractivity contribution is 7.47. The third kappa shape index (κ3) is 58.8. The van der Waals surface area contributed by atoms with Gasteiger partial charge in [0.2, 0.25) is 0 Å². The summed E-state index contributed by atoms with van der Waals surface area (Å²) in [5.74, 6) is -0.671. The average Bonchev–Trinajstić information content (AvgIpc) is 3.46. The molecule has 3 N–H and O–H groups in total. The zero-order chi connectivity index (χ0) is 61.5. The van der Waals surface area contributed by atoms with Crippen molar-refractivity contribution in [3.05, 3.63) is 0 Å². The highest BCUT2D eigenvalue weighted by Gasteiger charge is 2.30. The van der Waals surface area contributed by atoms with Crippen LogP contribution >= 0.6 is 15.6 Å². The smallest absolute Gasteiger partial charge is 0.462 e. The van der Waals surface area contributed by atoms with Crippen LogP contribution in [0.25, 0.3) is 0 Å². The van der Waals surface area contributed by atoms with Crippen molar-refractivity contribution in [2.45, 2.75) is 336 Å². The van der Waals surface area contributed by atoms with Gasteiger partial charge >= 0.3 is 39.5 Å². The van der Waals surface area contributed by atoms with Crippen LogP contribution in [0.1, 0.15) is 318 Å². The summed E-state index contributed by atoms with van der Waals surface area (Å²) in [5, 5.41) is 10.5. The predicted octanol–water partition coefficient (Wildman–Crippen LogP) is 17.7. The number of unbranched alkanes of at least 4 members (excludes halogenated alkanes) is 33. The van der Waals surface area contributed by atoms with Gasteiger partial charge in [0.05, 0.1) is 26.4 Å². The van der Waals surface area contributed by atoms with Crippen molar-refractivity contribution in [1.82, 2.24) is 0 Å². The minimum atomic E-state index is -4.94. The Kier molecular flexibility index (Phi) is 55.2. The lowest BCUT2D eigenvalue weighted by Gasteiger charge is -2.21. The Balaban J connectivity index is 5.19. The standard InChI is InChI=1S/C64H124O17P2/c1-7-9-11-13-15-22-27-34-40-46-61(66)74-52-59(80-63(68)48-42-36-28-23-16-14-12-10-8-2)54-78-82(70,71)76-50-58(65)51-77-83(72,73)79-55-60(53-75-62(67)47-41-35-31-30-33-39-45-57(5)6)81-64(69)49-43-37-29-25-21-19-17-18-20-24-26-32-38-44-56(3)4/h56-60,65H,7-55H2,1-6H3,(H,70,71)(H,72,73)/t58-,59+,60+/m0/s1. The lowest BCUT2D eigenvalue weighted by atomic mass is 10.0. The van der Waals surface area contributed by atoms with Gasteiger partial charge in [-0.1, -0.05) is 266 Å². The largest absolute Gasteiger partial charge is 0.472 e. The number of phosphoric ester groups is 2. The second-order valence-electron chi connectivity index (χ2n) is 24.1. The van der Waals surface area contributed by atoms with Gasteiger partial charge in [0, 0.05) is 25.7 Å². The lowest BCUT2D eigenvalue weighted by molar-refractivity contribution is -0.161. The molecular formula is C64H124O17P2. The Hall–Kier alpha value is -1.94. The first-order valence-corrected chi connectivity index (χ1v) is 36.5. The maximum absolute atomic E-state index is 13.0. The number of hydrogen-bond donors (Lipinski definition) is 3. The van der Waals surface area contributed by atoms with E-state index in [1.54, 1.807) is 0 Å². The summed E-state index contributed by atoms with van der Waals surface area (Å²) in [4.78, 5) is 72.1. The van der Waals surface area contributed by atoms with E-state index >= 15 is 0 Å². The van der Waals surface area contributed by atoms with Crippen molar-refractivity contribution in [3.63, 3.8) is 0 Å². The van der Waals surface area contributed by atoms with Crippen LogP contribution in [-0.4, -0.2) is 96.7 Å². The van der Waals surface area contributed by atoms with E-state index in [1.165, 1.54) is 128 Å². The predicted molar refractivity (Wildman–Crippen MR) is 331 cm³/mol. The van der Waals surface area contributed by atoms with Gasteiger partial charge in [-0.3, -0.25) is 37.3 Å². The van der Waals surface area contributed by atoms with Crippen molar-refractivity contribution >= 4 is 39.5 Å². The Labute approximate surface area is 505 Å². The molecule has 492 valence electrons. The number of carbonyl (C=O) groups is 4. The van der Waals surface area contributed by atoms with Gasteiger partial charge in [-0.2, -0.15) is 0 Å². The molecule has 2 unspecified atom stereocenters. The molecule has 0 saturated heterocycles. The van der Waals surface area contributed by atoms with Gasteiger partial charge in [0.25, 0.3) is 0 Å². The van der Waals surface area contributed by atoms with Crippen LogP contribution in [0.5, 0.6) is 0 Å². The van der Waals surface area contributed by atoms with Gasteiger partial charge in [-0.25, -0.2) is 9.13 Å². The summed E-state index contributed by atoms with van der Waals surface area (Å²) in [6.07, 6.45) is 39.1. The number of aliphatic hydroxyl groups is 1. The fourth-order valence-corrected chi connectivity index (χ4v) is 11.1. The van der Waals surface area contributed by atoms with Gasteiger partial charge in [-0.15, -0.1) is 0 Å². The summed E-state index contributed by atoms with van der Waals surface area (Å²) in [6.45, 7) is 9.40. The van der Waals surface area contributed by atoms with Crippen LogP contribution in [0.4, 0.5) is 0 Å². The Morgan fingerprint density at radius 3 is 0.819 bits per heavy atom. The minimum Gasteiger partial charge on any atom is -0.462 e. The van der Waals surface area contributed by atoms with Crippen molar-refractivity contribution in [3.8, 4) is 0 Å². The molecule has 0 spiro atoms. The van der Waals surface area contributed by atoms with E-state index < -0.39 is 97.5 Å². The summed E-state index contributed by atoms with van der Waals surface area (Å²) in [7, 11) is -9.88. The highest BCUT2D eigenvalue weighted by atomic mass is 31.2. The fourth-order valence-electron chi connectivity index (χ4n) is 9.53. The first kappa shape index (κ1) is 81.1. The van der Waals surface area contributed by atoms with Crippen LogP contribution in [0.2, 0.25) is 0 Å². The van der Waals surface area contributed by atoms with Crippen LogP contribution in [0.3, 0.4) is 0 Å². The van der Waals surface area contributed by atoms with Crippen molar-refractivity contribution in [1.29, 1.82) is 0 Å². The summed E-state index contributed by atoms with van der Waals surface area (Å²) < 4.78 is 67.9. The topological polar surface area (TPSA) is 237 Å². The molecule has 0 aromatic heterocycles. The molecule has 0 rings (SSSR count). The quantitative estimate of drug-likeness (QED) is 0.0222. The van der Waals surface area contributed by atoms with Crippen molar-refractivity contribution in [2.75, 3.05) is 39.6 Å². The Morgan fingerprint density at radius 2 is 0.554 bits per heavy atom. The molecule has 0 aromatic rings. The third-order valence-corrected chi connectivity index (χ3v) is 16.6. The molecular weight excluding hydrogens is 1100 g/mol. The molecule has 83 heavy (non-hydrogen) atoms. The number of aliphatic hydroxyl groups excluding tert-OH is 1. The lowest BCUT2D eigenvalue weighted by Crippen LogP contribution is -2.30. The Bertz CT molecular complexity index is 1630. The molecule has 0 bridgehead atoms. The highest BCUT2D eigenvalue weighted by Crippen LogP contribution is 2.45. The number of ether oxygens (including phenoxy) is 4. The van der Waals surface area contributed by atoms with Gasteiger partial charge in [-0.05, 0) is 37.5 Å². The average molecular weight is 1230 g/mol. The molecule has 17 nitrogen and oxygen atoms in total. The van der Waals surface area contributed by atoms with E-state index in [4.69, 9.17) is 37.0 Å². The molecule has 5 atom stereocenters. The molecule has 0 heterocycles. The number of phosphoric acid groups is 2. The monoisotopic (exact) mass is 1230 g/mol. The molecule has 0 saturated carbocycles. The van der Waals surface area contributed by atoms with E-state index in [0.717, 1.165) is 102 Å². The second-order valence-corrected chi connectivity index (χ2v) is 27.0. The zero-order valence-electron chi connectivity index (χ0n) is 53.5. The normalized spacial score (nSPS) is 14.3. The molecule has 0 fully saturated rings. The van der Waals surface area contributed by atoms with Crippen LogP contribution in [0, 0.1) is 11.8 Å². The molecule has 0 aromatic carbocycles. The zero-order valence-corrected chi connectivity index (χ0v) is 55.3. The molecule has 0 aliphatic heterocycles. The maximum Gasteiger partial charge on any atom is 0.472 e. The SMILES string of the molecule is CCCCCCCCCCCC(=O)OC[C@H](COP(=O)(O)OC[C@H](O)COP(=O)(O)OC[C@@H](COC(=O)CCCCCCCCC(C)C)OC(=O)CCCCCCCCCCCCCCCC(C)C)OC(=O)CCCCCCCCCCC. The number of hydrogen-bond acceptors (Lipinski definition) is 15. The Morgan fingerprint density at radius 1 is 0.325 bits per heavy atom. The van der Waals surface area contributed by atoms with E-state index in [-0.39, 0.29) is 25.7 Å². The fraction of sp³-hybridized carbons (Fsp3) is 0.938. The van der Waals surface area contributed by atoms with Crippen molar-refractivity contribution in [2.24, 2.45) is 11.8 Å². The van der Waals surface area contributed by atoms with Crippen LogP contribution < -0.4 is 0 Å². The summed E-state index contributed by atoms with van der Waals surface area (Å²) >= 11 is 0. The molecule has 0 radical (unpaired) electrons. The molecule has 19 heteroatoms. The van der Waals surface area contributed by atoms with Crippen LogP contribution in [-0.2, 0) is 65.4 Å². The van der Waals surface area contributed by atoms with Crippen LogP contribution in [0.15, 0.2) is 0 Å². The van der Waals surface area contributed by atoms with Gasteiger partial charge < -0.3 is 33.8 Å². The van der Waals surface area contributed by atoms with E-state index in [9.17, 15) is 43.2 Å². The number of rotatable bonds is 63. The molecule has 0 aliphatic carbocycles. The minimum absolute atomic E-state index is 0.105. The summed E-state index contributed by atoms with van der Waals surface area (Å²) in [5.41, 5.74) is 0. The molecule has 0 amide bonds. The first-order valence-electron chi connectivity index (χ1n) is 33.5. The third-order valence-electron chi connectivity index (χ3n) is 14.7. The van der Waals surface area contributed by atoms with E-state index in [1.807, 2.05) is 0 Å². The van der Waals surface area contributed by atoms with Gasteiger partial charge in [0.15, 0.2) is 12.2 Å². The second kappa shape index (κ2) is 56.6. The number of esters is 4. The van der Waals surface area contributed by atoms with Crippen molar-refractivity contribution < 1.29 is 80.2 Å².